The Kier molecular flexibility index (Phi) is 6.49. The van der Waals surface area contributed by atoms with Crippen LogP contribution in [0.1, 0.15) is 0 Å². The zero-order chi connectivity index (χ0) is 35.1. The Bertz CT molecular complexity index is 3090. The summed E-state index contributed by atoms with van der Waals surface area (Å²) >= 11 is 0. The van der Waals surface area contributed by atoms with Gasteiger partial charge in [0.05, 0.1) is 11.0 Å². The van der Waals surface area contributed by atoms with Crippen LogP contribution in [0.25, 0.3) is 60.6 Å². The number of nitrogens with zero attached hydrogens (tertiary/aromatic N) is 2. The van der Waals surface area contributed by atoms with Gasteiger partial charge in [0.25, 0.3) is 0 Å². The van der Waals surface area contributed by atoms with Gasteiger partial charge in [0.15, 0.2) is 7.14 Å². The first-order chi connectivity index (χ1) is 26.2. The SMILES string of the molecule is O=P1(c2ccccc2)c2ccccc2-c2cc3c(cc21)c1ccccc1n3-c1ccc(N(c2ccccc2)c2ccc3c(c2)oc2ccccc23)cc1. The Balaban J connectivity index is 1.08. The molecule has 4 nitrogen and oxygen atoms in total. The first-order valence-corrected chi connectivity index (χ1v) is 19.6. The highest BCUT2D eigenvalue weighted by Crippen LogP contribution is 2.53. The van der Waals surface area contributed by atoms with Crippen molar-refractivity contribution in [2.45, 2.75) is 0 Å². The van der Waals surface area contributed by atoms with Crippen LogP contribution in [0.2, 0.25) is 0 Å². The summed E-state index contributed by atoms with van der Waals surface area (Å²) in [4.78, 5) is 2.27. The molecule has 0 bridgehead atoms. The number of aromatic nitrogens is 1. The fourth-order valence-corrected chi connectivity index (χ4v) is 11.5. The van der Waals surface area contributed by atoms with E-state index in [0.717, 1.165) is 93.5 Å². The van der Waals surface area contributed by atoms with Crippen molar-refractivity contribution in [1.82, 2.24) is 4.57 Å². The number of hydrogen-bond acceptors (Lipinski definition) is 3. The zero-order valence-electron chi connectivity index (χ0n) is 28.6. The fourth-order valence-electron chi connectivity index (χ4n) is 8.41. The van der Waals surface area contributed by atoms with Gasteiger partial charge in [-0.2, -0.15) is 0 Å². The average molecular weight is 699 g/mol. The number of anilines is 3. The van der Waals surface area contributed by atoms with Crippen LogP contribution >= 0.6 is 7.14 Å². The van der Waals surface area contributed by atoms with Crippen LogP contribution in [0.3, 0.4) is 0 Å². The summed E-state index contributed by atoms with van der Waals surface area (Å²) < 4.78 is 24.0. The van der Waals surface area contributed by atoms with E-state index < -0.39 is 7.14 Å². The Morgan fingerprint density at radius 3 is 1.91 bits per heavy atom. The number of hydrogen-bond donors (Lipinski definition) is 0. The molecule has 1 aliphatic heterocycles. The van der Waals surface area contributed by atoms with Crippen molar-refractivity contribution in [3.8, 4) is 16.8 Å². The minimum Gasteiger partial charge on any atom is -0.456 e. The number of furan rings is 1. The van der Waals surface area contributed by atoms with E-state index in [1.165, 1.54) is 0 Å². The van der Waals surface area contributed by atoms with Crippen LogP contribution in [0.4, 0.5) is 17.1 Å². The largest absolute Gasteiger partial charge is 0.456 e. The van der Waals surface area contributed by atoms with E-state index in [9.17, 15) is 0 Å². The Labute approximate surface area is 306 Å². The van der Waals surface area contributed by atoms with E-state index in [0.29, 0.717) is 0 Å². The molecule has 1 aliphatic rings. The highest BCUT2D eigenvalue weighted by atomic mass is 31.2. The average Bonchev–Trinajstić information content (AvgIpc) is 3.84. The lowest BCUT2D eigenvalue weighted by atomic mass is 10.0. The van der Waals surface area contributed by atoms with E-state index in [-0.39, 0.29) is 0 Å². The molecule has 11 rings (SSSR count). The minimum atomic E-state index is -3.07. The second kappa shape index (κ2) is 11.4. The van der Waals surface area contributed by atoms with Gasteiger partial charge in [-0.05, 0) is 83.9 Å². The van der Waals surface area contributed by atoms with Gasteiger partial charge >= 0.3 is 0 Å². The molecule has 0 radical (unpaired) electrons. The molecular weight excluding hydrogens is 668 g/mol. The Morgan fingerprint density at radius 1 is 0.434 bits per heavy atom. The van der Waals surface area contributed by atoms with Crippen molar-refractivity contribution in [2.75, 3.05) is 4.90 Å². The van der Waals surface area contributed by atoms with Gasteiger partial charge in [-0.25, -0.2) is 0 Å². The molecular formula is C48H31N2O2P. The molecule has 250 valence electrons. The van der Waals surface area contributed by atoms with Crippen molar-refractivity contribution in [3.63, 3.8) is 0 Å². The summed E-state index contributed by atoms with van der Waals surface area (Å²) in [5.41, 5.74) is 10.2. The summed E-state index contributed by atoms with van der Waals surface area (Å²) in [5, 5.41) is 7.15. The normalized spacial score (nSPS) is 14.9. The van der Waals surface area contributed by atoms with Gasteiger partial charge in [-0.15, -0.1) is 0 Å². The quantitative estimate of drug-likeness (QED) is 0.168. The van der Waals surface area contributed by atoms with Crippen LogP contribution in [-0.4, -0.2) is 4.57 Å². The highest BCUT2D eigenvalue weighted by Gasteiger charge is 2.40. The predicted octanol–water partition coefficient (Wildman–Crippen LogP) is 11.8. The maximum atomic E-state index is 15.4. The van der Waals surface area contributed by atoms with E-state index in [1.54, 1.807) is 0 Å². The van der Waals surface area contributed by atoms with Crippen LogP contribution in [-0.2, 0) is 4.57 Å². The van der Waals surface area contributed by atoms with Crippen molar-refractivity contribution in [3.05, 3.63) is 188 Å². The molecule has 0 saturated heterocycles. The summed E-state index contributed by atoms with van der Waals surface area (Å²) in [7, 11) is -3.07. The van der Waals surface area contributed by atoms with Crippen LogP contribution in [0.5, 0.6) is 0 Å². The molecule has 0 amide bonds. The smallest absolute Gasteiger partial charge is 0.172 e. The second-order valence-corrected chi connectivity index (χ2v) is 16.4. The molecule has 10 aromatic rings. The van der Waals surface area contributed by atoms with E-state index >= 15 is 4.57 Å². The molecule has 53 heavy (non-hydrogen) atoms. The standard InChI is InChI=1S/C48H31N2O2P/c51-53(36-15-5-2-6-16-36)47-22-12-9-19-40(47)42-30-44-41(31-48(42)53)37-17-7-10-20-43(37)50(44)34-25-23-33(24-26-34)49(32-13-3-1-4-14-32)35-27-28-39-38-18-8-11-21-45(38)52-46(39)29-35/h1-31H. The molecule has 0 spiro atoms. The van der Waals surface area contributed by atoms with E-state index in [4.69, 9.17) is 4.42 Å². The maximum Gasteiger partial charge on any atom is 0.172 e. The van der Waals surface area contributed by atoms with Gasteiger partial charge in [-0.1, -0.05) is 109 Å². The van der Waals surface area contributed by atoms with Gasteiger partial charge < -0.3 is 18.4 Å². The van der Waals surface area contributed by atoms with Crippen molar-refractivity contribution in [1.29, 1.82) is 0 Å². The third-order valence-electron chi connectivity index (χ3n) is 10.8. The first-order valence-electron chi connectivity index (χ1n) is 17.9. The van der Waals surface area contributed by atoms with Gasteiger partial charge in [-0.3, -0.25) is 0 Å². The van der Waals surface area contributed by atoms with Crippen molar-refractivity contribution < 1.29 is 8.98 Å². The van der Waals surface area contributed by atoms with Crippen LogP contribution < -0.4 is 20.8 Å². The number of fused-ring (bicyclic) bond motifs is 9. The Hall–Kier alpha value is -6.61. The molecule has 1 atom stereocenters. The molecule has 5 heteroatoms. The summed E-state index contributed by atoms with van der Waals surface area (Å²) in [5.74, 6) is 0. The molecule has 2 aromatic heterocycles. The first kappa shape index (κ1) is 30.1. The lowest BCUT2D eigenvalue weighted by molar-refractivity contribution is 0.593. The van der Waals surface area contributed by atoms with Gasteiger partial charge in [0, 0.05) is 66.3 Å². The molecule has 0 fully saturated rings. The number of rotatable bonds is 5. The third kappa shape index (κ3) is 4.40. The number of para-hydroxylation sites is 3. The second-order valence-electron chi connectivity index (χ2n) is 13.7. The zero-order valence-corrected chi connectivity index (χ0v) is 29.5. The summed E-state index contributed by atoms with van der Waals surface area (Å²) in [6.07, 6.45) is 0. The van der Waals surface area contributed by atoms with Gasteiger partial charge in [0.2, 0.25) is 0 Å². The lowest BCUT2D eigenvalue weighted by Crippen LogP contribution is -2.20. The molecule has 1 unspecified atom stereocenters. The summed E-state index contributed by atoms with van der Waals surface area (Å²) in [6.45, 7) is 0. The highest BCUT2D eigenvalue weighted by molar-refractivity contribution is 7.86. The van der Waals surface area contributed by atoms with Crippen molar-refractivity contribution in [2.24, 2.45) is 0 Å². The monoisotopic (exact) mass is 698 g/mol. The van der Waals surface area contributed by atoms with Crippen LogP contribution in [0.15, 0.2) is 192 Å². The Morgan fingerprint density at radius 2 is 1.08 bits per heavy atom. The molecule has 0 N–H and O–H groups in total. The minimum absolute atomic E-state index is 0.859. The number of benzene rings is 8. The molecule has 8 aromatic carbocycles. The van der Waals surface area contributed by atoms with E-state index in [2.05, 4.69) is 131 Å². The lowest BCUT2D eigenvalue weighted by Gasteiger charge is -2.25. The maximum absolute atomic E-state index is 15.4. The van der Waals surface area contributed by atoms with E-state index in [1.807, 2.05) is 66.7 Å². The van der Waals surface area contributed by atoms with Crippen molar-refractivity contribution >= 4 is 83.9 Å². The molecule has 3 heterocycles. The predicted molar refractivity (Wildman–Crippen MR) is 221 cm³/mol. The molecule has 0 aliphatic carbocycles. The molecule has 0 saturated carbocycles. The topological polar surface area (TPSA) is 38.4 Å². The fraction of sp³-hybridized carbons (Fsp3) is 0. The third-order valence-corrected chi connectivity index (χ3v) is 13.9. The van der Waals surface area contributed by atoms with Gasteiger partial charge in [0.1, 0.15) is 11.2 Å². The summed E-state index contributed by atoms with van der Waals surface area (Å²) in [6, 6.07) is 65.1. The van der Waals surface area contributed by atoms with Crippen LogP contribution in [0, 0.1) is 0 Å².